The van der Waals surface area contributed by atoms with Gasteiger partial charge in [0.05, 0.1) is 0 Å². The Morgan fingerprint density at radius 1 is 1.18 bits per heavy atom. The molecule has 2 N–H and O–H groups in total. The van der Waals surface area contributed by atoms with Crippen LogP contribution in [-0.2, 0) is 6.42 Å². The molecule has 1 heterocycles. The molecule has 1 aromatic rings. The molecule has 1 rings (SSSR count). The topological polar surface area (TPSA) is 51.8 Å². The Bertz CT molecular complexity index is 169. The zero-order chi connectivity index (χ0) is 6.53. The second kappa shape index (κ2) is 7.72. The van der Waals surface area contributed by atoms with E-state index < -0.39 is 0 Å². The first-order chi connectivity index (χ1) is 4.43. The van der Waals surface area contributed by atoms with E-state index in [2.05, 4.69) is 9.97 Å². The van der Waals surface area contributed by atoms with Crippen molar-refractivity contribution in [2.24, 2.45) is 5.73 Å². The fraction of sp³-hybridized carbons (Fsp3) is 0.333. The summed E-state index contributed by atoms with van der Waals surface area (Å²) < 4.78 is 0. The minimum atomic E-state index is 0. The molecule has 1 aromatic heterocycles. The van der Waals surface area contributed by atoms with E-state index in [0.29, 0.717) is 6.54 Å². The molecule has 0 fully saturated rings. The predicted octanol–water partition coefficient (Wildman–Crippen LogP) is 0.821. The SMILES string of the molecule is Cl.Cl.NCCc1ncccn1. The third kappa shape index (κ3) is 4.95. The number of hydrogen-bond donors (Lipinski definition) is 1. The largest absolute Gasteiger partial charge is 0.330 e. The van der Waals surface area contributed by atoms with Gasteiger partial charge in [-0.05, 0) is 12.6 Å². The van der Waals surface area contributed by atoms with Crippen LogP contribution in [0.2, 0.25) is 0 Å². The van der Waals surface area contributed by atoms with Gasteiger partial charge >= 0.3 is 0 Å². The van der Waals surface area contributed by atoms with Gasteiger partial charge in [-0.25, -0.2) is 9.97 Å². The zero-order valence-corrected chi connectivity index (χ0v) is 7.57. The lowest BCUT2D eigenvalue weighted by Gasteiger charge is -1.91. The molecule has 0 aromatic carbocycles. The number of hydrogen-bond acceptors (Lipinski definition) is 3. The van der Waals surface area contributed by atoms with Gasteiger partial charge in [0.2, 0.25) is 0 Å². The van der Waals surface area contributed by atoms with Crippen LogP contribution in [0.3, 0.4) is 0 Å². The fourth-order valence-electron chi connectivity index (χ4n) is 0.588. The Morgan fingerprint density at radius 3 is 2.18 bits per heavy atom. The zero-order valence-electron chi connectivity index (χ0n) is 5.93. The van der Waals surface area contributed by atoms with Gasteiger partial charge in [-0.3, -0.25) is 0 Å². The fourth-order valence-corrected chi connectivity index (χ4v) is 0.588. The molecule has 0 amide bonds. The van der Waals surface area contributed by atoms with Crippen molar-refractivity contribution >= 4 is 24.8 Å². The van der Waals surface area contributed by atoms with E-state index in [1.54, 1.807) is 18.5 Å². The number of halogens is 2. The van der Waals surface area contributed by atoms with Crippen LogP contribution in [-0.4, -0.2) is 16.5 Å². The molecule has 0 bridgehead atoms. The van der Waals surface area contributed by atoms with Gasteiger partial charge in [0.15, 0.2) is 0 Å². The molecule has 0 unspecified atom stereocenters. The Balaban J connectivity index is 0. The van der Waals surface area contributed by atoms with Crippen molar-refractivity contribution in [3.05, 3.63) is 24.3 Å². The average molecular weight is 196 g/mol. The maximum atomic E-state index is 5.28. The third-order valence-electron chi connectivity index (χ3n) is 0.987. The Morgan fingerprint density at radius 2 is 1.73 bits per heavy atom. The lowest BCUT2D eigenvalue weighted by Crippen LogP contribution is -2.05. The smallest absolute Gasteiger partial charge is 0.129 e. The first-order valence-corrected chi connectivity index (χ1v) is 2.89. The molecule has 0 saturated carbocycles. The number of nitrogens with zero attached hydrogens (tertiary/aromatic N) is 2. The number of nitrogens with two attached hydrogens (primary N) is 1. The summed E-state index contributed by atoms with van der Waals surface area (Å²) in [5, 5.41) is 0. The predicted molar refractivity (Wildman–Crippen MR) is 49.3 cm³/mol. The van der Waals surface area contributed by atoms with Crippen molar-refractivity contribution in [2.75, 3.05) is 6.54 Å². The maximum Gasteiger partial charge on any atom is 0.129 e. The summed E-state index contributed by atoms with van der Waals surface area (Å²) in [5.74, 6) is 0.819. The minimum Gasteiger partial charge on any atom is -0.330 e. The molecule has 64 valence electrons. The van der Waals surface area contributed by atoms with E-state index in [9.17, 15) is 0 Å². The van der Waals surface area contributed by atoms with Crippen molar-refractivity contribution < 1.29 is 0 Å². The van der Waals surface area contributed by atoms with Crippen LogP contribution in [0.5, 0.6) is 0 Å². The molecule has 0 aliphatic heterocycles. The summed E-state index contributed by atoms with van der Waals surface area (Å²) in [7, 11) is 0. The third-order valence-corrected chi connectivity index (χ3v) is 0.987. The van der Waals surface area contributed by atoms with Crippen molar-refractivity contribution in [3.8, 4) is 0 Å². The summed E-state index contributed by atoms with van der Waals surface area (Å²) in [5.41, 5.74) is 5.28. The first kappa shape index (κ1) is 13.2. The summed E-state index contributed by atoms with van der Waals surface area (Å²) in [6, 6.07) is 1.79. The van der Waals surface area contributed by atoms with Gasteiger partial charge in [0, 0.05) is 18.8 Å². The van der Waals surface area contributed by atoms with Gasteiger partial charge in [-0.2, -0.15) is 0 Å². The lowest BCUT2D eigenvalue weighted by atomic mass is 10.4. The van der Waals surface area contributed by atoms with E-state index in [4.69, 9.17) is 5.73 Å². The molecule has 0 radical (unpaired) electrons. The number of rotatable bonds is 2. The standard InChI is InChI=1S/C6H9N3.2ClH/c7-3-2-6-8-4-1-5-9-6;;/h1,4-5H,2-3,7H2;2*1H. The molecule has 11 heavy (non-hydrogen) atoms. The monoisotopic (exact) mass is 195 g/mol. The molecular weight excluding hydrogens is 185 g/mol. The molecule has 5 heteroatoms. The van der Waals surface area contributed by atoms with Crippen LogP contribution in [0.4, 0.5) is 0 Å². The van der Waals surface area contributed by atoms with E-state index in [1.165, 1.54) is 0 Å². The van der Waals surface area contributed by atoms with Crippen LogP contribution in [0.1, 0.15) is 5.82 Å². The molecule has 0 spiro atoms. The molecule has 0 aliphatic carbocycles. The Kier molecular flexibility index (Phi) is 9.29. The summed E-state index contributed by atoms with van der Waals surface area (Å²) in [6.07, 6.45) is 4.21. The van der Waals surface area contributed by atoms with E-state index in [1.807, 2.05) is 0 Å². The van der Waals surface area contributed by atoms with E-state index >= 15 is 0 Å². The number of aromatic nitrogens is 2. The molecule has 3 nitrogen and oxygen atoms in total. The quantitative estimate of drug-likeness (QED) is 0.761. The Labute approximate surface area is 78.2 Å². The highest BCUT2D eigenvalue weighted by molar-refractivity contribution is 5.85. The molecule has 0 saturated heterocycles. The average Bonchev–Trinajstić information content (AvgIpc) is 1.91. The van der Waals surface area contributed by atoms with Gasteiger partial charge in [0.25, 0.3) is 0 Å². The highest BCUT2D eigenvalue weighted by Crippen LogP contribution is 1.85. The lowest BCUT2D eigenvalue weighted by molar-refractivity contribution is 0.867. The van der Waals surface area contributed by atoms with Crippen molar-refractivity contribution in [2.45, 2.75) is 6.42 Å². The summed E-state index contributed by atoms with van der Waals surface area (Å²) in [4.78, 5) is 7.95. The maximum absolute atomic E-state index is 5.28. The molecule has 0 atom stereocenters. The van der Waals surface area contributed by atoms with Crippen LogP contribution in [0.15, 0.2) is 18.5 Å². The molecular formula is C6H11Cl2N3. The summed E-state index contributed by atoms with van der Waals surface area (Å²) in [6.45, 7) is 0.615. The van der Waals surface area contributed by atoms with Crippen molar-refractivity contribution in [3.63, 3.8) is 0 Å². The highest BCUT2D eigenvalue weighted by Gasteiger charge is 1.88. The van der Waals surface area contributed by atoms with Gasteiger partial charge < -0.3 is 5.73 Å². The second-order valence-corrected chi connectivity index (χ2v) is 1.70. The Hall–Kier alpha value is -0.380. The van der Waals surface area contributed by atoms with Crippen LogP contribution in [0.25, 0.3) is 0 Å². The molecule has 0 aliphatic rings. The highest BCUT2D eigenvalue weighted by atomic mass is 35.5. The van der Waals surface area contributed by atoms with Gasteiger partial charge in [-0.15, -0.1) is 24.8 Å². The van der Waals surface area contributed by atoms with Crippen LogP contribution >= 0.6 is 24.8 Å². The van der Waals surface area contributed by atoms with Crippen molar-refractivity contribution in [1.82, 2.24) is 9.97 Å². The van der Waals surface area contributed by atoms with Crippen LogP contribution in [0, 0.1) is 0 Å². The minimum absolute atomic E-state index is 0. The van der Waals surface area contributed by atoms with Gasteiger partial charge in [0.1, 0.15) is 5.82 Å². The second-order valence-electron chi connectivity index (χ2n) is 1.70. The first-order valence-electron chi connectivity index (χ1n) is 2.89. The van der Waals surface area contributed by atoms with Crippen molar-refractivity contribution in [1.29, 1.82) is 0 Å². The summed E-state index contributed by atoms with van der Waals surface area (Å²) >= 11 is 0. The van der Waals surface area contributed by atoms with E-state index in [-0.39, 0.29) is 24.8 Å². The van der Waals surface area contributed by atoms with E-state index in [0.717, 1.165) is 12.2 Å². The van der Waals surface area contributed by atoms with Crippen LogP contribution < -0.4 is 5.73 Å². The van der Waals surface area contributed by atoms with Gasteiger partial charge in [-0.1, -0.05) is 0 Å². The normalized spacial score (nSPS) is 7.73.